The minimum absolute atomic E-state index is 0.0118. The van der Waals surface area contributed by atoms with E-state index in [2.05, 4.69) is 0 Å². The molecular formula is C25H22ClF6N2O2+. The first-order chi connectivity index (χ1) is 16.4. The number of aryl methyl sites for hydroxylation is 1. The molecule has 36 heavy (non-hydrogen) atoms. The van der Waals surface area contributed by atoms with Gasteiger partial charge in [-0.15, -0.1) is 0 Å². The van der Waals surface area contributed by atoms with Gasteiger partial charge in [0.15, 0.2) is 0 Å². The molecule has 3 aromatic rings. The van der Waals surface area contributed by atoms with Crippen LogP contribution in [0.15, 0.2) is 54.7 Å². The number of halogens is 7. The molecule has 0 aliphatic heterocycles. The fourth-order valence-electron chi connectivity index (χ4n) is 3.83. The summed E-state index contributed by atoms with van der Waals surface area (Å²) >= 11 is 6.07. The lowest BCUT2D eigenvalue weighted by molar-refractivity contribution is -0.902. The number of carbonyl (C=O) groups is 1. The third-order valence-electron chi connectivity index (χ3n) is 5.95. The van der Waals surface area contributed by atoms with Crippen LogP contribution in [0, 0.1) is 6.92 Å². The molecule has 1 heterocycles. The van der Waals surface area contributed by atoms with Crippen molar-refractivity contribution in [2.45, 2.75) is 38.5 Å². The molecule has 2 aromatic carbocycles. The van der Waals surface area contributed by atoms with Crippen LogP contribution in [0.25, 0.3) is 11.1 Å². The molecule has 0 aliphatic rings. The van der Waals surface area contributed by atoms with Gasteiger partial charge in [0.1, 0.15) is 5.69 Å². The molecule has 192 valence electrons. The molecule has 0 bridgehead atoms. The summed E-state index contributed by atoms with van der Waals surface area (Å²) in [6, 6.07) is 9.58. The maximum Gasteiger partial charge on any atom is 0.416 e. The van der Waals surface area contributed by atoms with Crippen molar-refractivity contribution in [3.63, 3.8) is 0 Å². The molecule has 0 radical (unpaired) electrons. The fraction of sp³-hybridized carbons (Fsp3) is 0.280. The van der Waals surface area contributed by atoms with Crippen LogP contribution in [0.1, 0.15) is 36.1 Å². The Hall–Kier alpha value is -3.27. The van der Waals surface area contributed by atoms with E-state index < -0.39 is 40.4 Å². The molecule has 1 aromatic heterocycles. The average Bonchev–Trinajstić information content (AvgIpc) is 2.78. The molecule has 0 unspecified atom stereocenters. The Morgan fingerprint density at radius 3 is 1.89 bits per heavy atom. The number of alkyl halides is 6. The van der Waals surface area contributed by atoms with E-state index >= 15 is 0 Å². The van der Waals surface area contributed by atoms with E-state index in [9.17, 15) is 36.3 Å². The largest absolute Gasteiger partial charge is 0.416 e. The van der Waals surface area contributed by atoms with Crippen LogP contribution < -0.4 is 9.63 Å². The van der Waals surface area contributed by atoms with Crippen molar-refractivity contribution in [3.8, 4) is 11.1 Å². The van der Waals surface area contributed by atoms with Gasteiger partial charge in [0.05, 0.1) is 16.5 Å². The summed E-state index contributed by atoms with van der Waals surface area (Å²) in [5, 5.41) is 10.1. The SMILES string of the molecule is Cc1ccccc1-c1cc(Cl)[n+](O)cc1N(C)C(=O)C(C)(C)c1cc(C(F)(F)F)cc(C(F)(F)F)c1. The average molecular weight is 532 g/mol. The van der Waals surface area contributed by atoms with Crippen LogP contribution in [0.2, 0.25) is 5.15 Å². The van der Waals surface area contributed by atoms with Gasteiger partial charge < -0.3 is 4.90 Å². The van der Waals surface area contributed by atoms with E-state index in [1.807, 2.05) is 0 Å². The summed E-state index contributed by atoms with van der Waals surface area (Å²) < 4.78 is 81.0. The summed E-state index contributed by atoms with van der Waals surface area (Å²) in [5.41, 5.74) is -3.30. The Balaban J connectivity index is 2.17. The summed E-state index contributed by atoms with van der Waals surface area (Å²) in [6.45, 7) is 4.27. The number of carbonyl (C=O) groups excluding carboxylic acids is 1. The van der Waals surface area contributed by atoms with Gasteiger partial charge >= 0.3 is 17.5 Å². The molecule has 4 nitrogen and oxygen atoms in total. The second-order valence-electron chi connectivity index (χ2n) is 8.84. The zero-order valence-electron chi connectivity index (χ0n) is 19.6. The number of hydrogen-bond acceptors (Lipinski definition) is 2. The number of benzene rings is 2. The Bertz CT molecular complexity index is 1290. The molecule has 3 rings (SSSR count). The predicted octanol–water partition coefficient (Wildman–Crippen LogP) is 6.82. The van der Waals surface area contributed by atoms with Crippen molar-refractivity contribution in [3.05, 3.63) is 82.1 Å². The highest BCUT2D eigenvalue weighted by Gasteiger charge is 2.41. The van der Waals surface area contributed by atoms with Crippen molar-refractivity contribution >= 4 is 23.2 Å². The summed E-state index contributed by atoms with van der Waals surface area (Å²) in [5.74, 6) is -0.813. The van der Waals surface area contributed by atoms with Crippen LogP contribution in [-0.2, 0) is 22.6 Å². The molecule has 0 aliphatic carbocycles. The molecule has 0 spiro atoms. The first-order valence-electron chi connectivity index (χ1n) is 10.5. The van der Waals surface area contributed by atoms with Crippen molar-refractivity contribution < 1.29 is 41.1 Å². The highest BCUT2D eigenvalue weighted by Crippen LogP contribution is 2.40. The minimum atomic E-state index is -5.06. The van der Waals surface area contributed by atoms with E-state index in [1.165, 1.54) is 27.0 Å². The molecule has 0 saturated carbocycles. The van der Waals surface area contributed by atoms with Gasteiger partial charge in [-0.2, -0.15) is 26.3 Å². The van der Waals surface area contributed by atoms with Gasteiger partial charge in [0.25, 0.3) is 0 Å². The number of anilines is 1. The molecule has 11 heteroatoms. The Labute approximate surface area is 208 Å². The molecule has 0 saturated heterocycles. The van der Waals surface area contributed by atoms with Gasteiger partial charge in [0, 0.05) is 23.4 Å². The van der Waals surface area contributed by atoms with E-state index in [1.54, 1.807) is 31.2 Å². The zero-order chi connectivity index (χ0) is 27.2. The zero-order valence-corrected chi connectivity index (χ0v) is 20.3. The first kappa shape index (κ1) is 27.3. The quantitative estimate of drug-likeness (QED) is 0.174. The van der Waals surface area contributed by atoms with Crippen LogP contribution in [0.5, 0.6) is 0 Å². The number of rotatable bonds is 4. The standard InChI is InChI=1S/C25H22ClF6N2O2/c1-14-7-5-6-8-18(14)19-12-21(26)34(36)13-20(19)33(4)22(35)23(2,3)15-9-16(24(27,28)29)11-17(10-15)25(30,31)32/h5-13,36H,1-4H3/q+1. The second-order valence-corrected chi connectivity index (χ2v) is 9.23. The maximum absolute atomic E-state index is 13.6. The predicted molar refractivity (Wildman–Crippen MR) is 122 cm³/mol. The number of amides is 1. The summed E-state index contributed by atoms with van der Waals surface area (Å²) in [7, 11) is 1.31. The smallest absolute Gasteiger partial charge is 0.309 e. The Kier molecular flexibility index (Phi) is 7.07. The highest BCUT2D eigenvalue weighted by atomic mass is 35.5. The number of hydrogen-bond donors (Lipinski definition) is 1. The fourth-order valence-corrected chi connectivity index (χ4v) is 3.99. The minimum Gasteiger partial charge on any atom is -0.309 e. The number of pyridine rings is 1. The topological polar surface area (TPSA) is 44.4 Å². The molecule has 1 amide bonds. The van der Waals surface area contributed by atoms with Crippen molar-refractivity contribution in [2.24, 2.45) is 0 Å². The van der Waals surface area contributed by atoms with Crippen molar-refractivity contribution in [2.75, 3.05) is 11.9 Å². The van der Waals surface area contributed by atoms with Gasteiger partial charge in [-0.1, -0.05) is 24.3 Å². The van der Waals surface area contributed by atoms with Gasteiger partial charge in [-0.05, 0) is 67.3 Å². The monoisotopic (exact) mass is 531 g/mol. The highest BCUT2D eigenvalue weighted by molar-refractivity contribution is 6.28. The number of aromatic nitrogens is 1. The third kappa shape index (κ3) is 5.28. The molecule has 0 fully saturated rings. The van der Waals surface area contributed by atoms with Crippen molar-refractivity contribution in [1.82, 2.24) is 0 Å². The van der Waals surface area contributed by atoms with Crippen LogP contribution in [0.4, 0.5) is 32.0 Å². The van der Waals surface area contributed by atoms with E-state index in [0.717, 1.165) is 16.7 Å². The summed E-state index contributed by atoms with van der Waals surface area (Å²) in [6.07, 6.45) is -8.97. The third-order valence-corrected chi connectivity index (χ3v) is 6.23. The molecular weight excluding hydrogens is 510 g/mol. The Morgan fingerprint density at radius 1 is 0.889 bits per heavy atom. The van der Waals surface area contributed by atoms with Gasteiger partial charge in [-0.3, -0.25) is 10.0 Å². The maximum atomic E-state index is 13.6. The lowest BCUT2D eigenvalue weighted by atomic mass is 9.81. The van der Waals surface area contributed by atoms with Crippen LogP contribution in [-0.4, -0.2) is 18.2 Å². The van der Waals surface area contributed by atoms with E-state index in [0.29, 0.717) is 28.0 Å². The van der Waals surface area contributed by atoms with E-state index in [4.69, 9.17) is 11.6 Å². The number of likely N-dealkylation sites (N-methyl/N-ethyl adjacent to an activating group) is 1. The lowest BCUT2D eigenvalue weighted by Crippen LogP contribution is -2.43. The summed E-state index contributed by atoms with van der Waals surface area (Å²) in [4.78, 5) is 14.7. The van der Waals surface area contributed by atoms with Crippen molar-refractivity contribution in [1.29, 1.82) is 0 Å². The van der Waals surface area contributed by atoms with E-state index in [-0.39, 0.29) is 16.9 Å². The second kappa shape index (κ2) is 9.31. The normalized spacial score (nSPS) is 12.5. The van der Waals surface area contributed by atoms with Gasteiger partial charge in [-0.25, -0.2) is 0 Å². The number of nitrogens with zero attached hydrogens (tertiary/aromatic N) is 2. The van der Waals surface area contributed by atoms with Gasteiger partial charge in [0.2, 0.25) is 12.1 Å². The van der Waals surface area contributed by atoms with Crippen LogP contribution >= 0.6 is 11.6 Å². The first-order valence-corrected chi connectivity index (χ1v) is 10.9. The Morgan fingerprint density at radius 2 is 1.39 bits per heavy atom. The lowest BCUT2D eigenvalue weighted by Gasteiger charge is -2.31. The van der Waals surface area contributed by atoms with Crippen LogP contribution in [0.3, 0.4) is 0 Å². The molecule has 1 N–H and O–H groups in total. The molecule has 0 atom stereocenters.